The number of aromatic nitrogens is 1. The van der Waals surface area contributed by atoms with E-state index in [4.69, 9.17) is 5.73 Å². The van der Waals surface area contributed by atoms with E-state index in [1.807, 2.05) is 13.0 Å². The van der Waals surface area contributed by atoms with Crippen molar-refractivity contribution in [1.82, 2.24) is 4.98 Å². The molecule has 1 rings (SSSR count). The zero-order valence-corrected chi connectivity index (χ0v) is 11.1. The molecule has 0 fully saturated rings. The summed E-state index contributed by atoms with van der Waals surface area (Å²) in [4.78, 5) is 16.7. The number of nitrogens with two attached hydrogens (primary N) is 1. The maximum atomic E-state index is 11.7. The summed E-state index contributed by atoms with van der Waals surface area (Å²) in [5.41, 5.74) is 6.03. The number of halogens is 1. The third-order valence-electron chi connectivity index (χ3n) is 1.77. The molecule has 0 saturated heterocycles. The highest BCUT2D eigenvalue weighted by Gasteiger charge is 2.17. The molecule has 0 amide bonds. The molecular formula is C10H13BrN2OS. The van der Waals surface area contributed by atoms with Crippen LogP contribution in [-0.4, -0.2) is 22.6 Å². The maximum Gasteiger partial charge on any atom is 0.198 e. The second kappa shape index (κ2) is 5.63. The Bertz CT molecular complexity index is 368. The van der Waals surface area contributed by atoms with E-state index in [2.05, 4.69) is 20.9 Å². The van der Waals surface area contributed by atoms with E-state index in [0.717, 1.165) is 15.1 Å². The van der Waals surface area contributed by atoms with Gasteiger partial charge in [0.1, 0.15) is 5.69 Å². The Balaban J connectivity index is 3.10. The lowest BCUT2D eigenvalue weighted by Gasteiger charge is -2.08. The van der Waals surface area contributed by atoms with E-state index in [1.54, 1.807) is 24.9 Å². The van der Waals surface area contributed by atoms with Crippen molar-refractivity contribution in [3.05, 3.63) is 22.4 Å². The van der Waals surface area contributed by atoms with Crippen LogP contribution in [0, 0.1) is 0 Å². The third-order valence-corrected chi connectivity index (χ3v) is 3.11. The van der Waals surface area contributed by atoms with E-state index in [9.17, 15) is 4.79 Å². The molecule has 5 heteroatoms. The average Bonchev–Trinajstić information content (AvgIpc) is 2.17. The van der Waals surface area contributed by atoms with Gasteiger partial charge in [0.05, 0.1) is 6.04 Å². The van der Waals surface area contributed by atoms with Gasteiger partial charge in [-0.2, -0.15) is 0 Å². The van der Waals surface area contributed by atoms with Crippen LogP contribution in [-0.2, 0) is 0 Å². The van der Waals surface area contributed by atoms with Crippen molar-refractivity contribution >= 4 is 33.5 Å². The Labute approximate surface area is 102 Å². The minimum absolute atomic E-state index is 0.113. The lowest BCUT2D eigenvalue weighted by molar-refractivity contribution is 0.0960. The van der Waals surface area contributed by atoms with Gasteiger partial charge in [0.25, 0.3) is 0 Å². The Kier molecular flexibility index (Phi) is 4.76. The monoisotopic (exact) mass is 288 g/mol. The first kappa shape index (κ1) is 12.7. The summed E-state index contributed by atoms with van der Waals surface area (Å²) in [6, 6.07) is 1.39. The van der Waals surface area contributed by atoms with Gasteiger partial charge in [-0.25, -0.2) is 0 Å². The van der Waals surface area contributed by atoms with Gasteiger partial charge >= 0.3 is 0 Å². The Morgan fingerprint density at radius 1 is 1.73 bits per heavy atom. The molecule has 0 aromatic carbocycles. The van der Waals surface area contributed by atoms with Crippen LogP contribution in [0.4, 0.5) is 0 Å². The van der Waals surface area contributed by atoms with Gasteiger partial charge < -0.3 is 5.73 Å². The minimum Gasteiger partial charge on any atom is -0.321 e. The SMILES string of the molecule is CCSc1cc(Br)cnc1C(=O)C(C)N. The predicted molar refractivity (Wildman–Crippen MR) is 66.3 cm³/mol. The van der Waals surface area contributed by atoms with Crippen molar-refractivity contribution < 1.29 is 4.79 Å². The van der Waals surface area contributed by atoms with Gasteiger partial charge in [0, 0.05) is 15.6 Å². The van der Waals surface area contributed by atoms with Crippen LogP contribution in [0.1, 0.15) is 24.3 Å². The smallest absolute Gasteiger partial charge is 0.198 e. The van der Waals surface area contributed by atoms with Crippen LogP contribution in [0.3, 0.4) is 0 Å². The van der Waals surface area contributed by atoms with Gasteiger partial charge in [0.2, 0.25) is 0 Å². The molecule has 15 heavy (non-hydrogen) atoms. The molecule has 82 valence electrons. The topological polar surface area (TPSA) is 56.0 Å². The molecule has 1 unspecified atom stereocenters. The van der Waals surface area contributed by atoms with Crippen LogP contribution in [0.25, 0.3) is 0 Å². The first-order chi connectivity index (χ1) is 7.06. The molecule has 2 N–H and O–H groups in total. The summed E-state index contributed by atoms with van der Waals surface area (Å²) in [5.74, 6) is 0.788. The fourth-order valence-electron chi connectivity index (χ4n) is 1.09. The number of ketones is 1. The van der Waals surface area contributed by atoms with E-state index in [-0.39, 0.29) is 5.78 Å². The zero-order chi connectivity index (χ0) is 11.4. The Morgan fingerprint density at radius 3 is 2.93 bits per heavy atom. The van der Waals surface area contributed by atoms with Crippen molar-refractivity contribution in [2.24, 2.45) is 5.73 Å². The maximum absolute atomic E-state index is 11.7. The lowest BCUT2D eigenvalue weighted by atomic mass is 10.1. The van der Waals surface area contributed by atoms with Gasteiger partial charge in [-0.15, -0.1) is 11.8 Å². The fourth-order valence-corrected chi connectivity index (χ4v) is 2.38. The molecule has 1 aromatic rings. The highest BCUT2D eigenvalue weighted by atomic mass is 79.9. The fraction of sp³-hybridized carbons (Fsp3) is 0.400. The van der Waals surface area contributed by atoms with Crippen LogP contribution < -0.4 is 5.73 Å². The average molecular weight is 289 g/mol. The second-order valence-corrected chi connectivity index (χ2v) is 5.31. The molecule has 0 bridgehead atoms. The molecule has 3 nitrogen and oxygen atoms in total. The predicted octanol–water partition coefficient (Wildman–Crippen LogP) is 2.49. The summed E-state index contributed by atoms with van der Waals surface area (Å²) in [7, 11) is 0. The van der Waals surface area contributed by atoms with Gasteiger partial charge in [0.15, 0.2) is 5.78 Å². The number of hydrogen-bond donors (Lipinski definition) is 1. The standard InChI is InChI=1S/C10H13BrN2OS/c1-3-15-8-4-7(11)5-13-9(8)10(14)6(2)12/h4-6H,3,12H2,1-2H3. The lowest BCUT2D eigenvalue weighted by Crippen LogP contribution is -2.27. The van der Waals surface area contributed by atoms with Crippen molar-refractivity contribution in [1.29, 1.82) is 0 Å². The molecule has 1 heterocycles. The molecule has 0 aliphatic carbocycles. The first-order valence-corrected chi connectivity index (χ1v) is 6.42. The number of carbonyl (C=O) groups is 1. The number of hydrogen-bond acceptors (Lipinski definition) is 4. The third kappa shape index (κ3) is 3.29. The van der Waals surface area contributed by atoms with Gasteiger partial charge in [-0.05, 0) is 34.7 Å². The number of rotatable bonds is 4. The second-order valence-electron chi connectivity index (χ2n) is 3.09. The van der Waals surface area contributed by atoms with Crippen LogP contribution in [0.15, 0.2) is 21.6 Å². The van der Waals surface area contributed by atoms with Crippen LogP contribution in [0.5, 0.6) is 0 Å². The largest absolute Gasteiger partial charge is 0.321 e. The highest BCUT2D eigenvalue weighted by Crippen LogP contribution is 2.25. The molecule has 1 aromatic heterocycles. The highest BCUT2D eigenvalue weighted by molar-refractivity contribution is 9.10. The summed E-state index contributed by atoms with van der Waals surface area (Å²) in [6.45, 7) is 3.71. The minimum atomic E-state index is -0.505. The van der Waals surface area contributed by atoms with Crippen LogP contribution in [0.2, 0.25) is 0 Å². The molecule has 0 spiro atoms. The molecule has 1 atom stereocenters. The van der Waals surface area contributed by atoms with Gasteiger partial charge in [-0.3, -0.25) is 9.78 Å². The van der Waals surface area contributed by atoms with Crippen molar-refractivity contribution in [3.63, 3.8) is 0 Å². The number of thioether (sulfide) groups is 1. The van der Waals surface area contributed by atoms with Crippen LogP contribution >= 0.6 is 27.7 Å². The summed E-state index contributed by atoms with van der Waals surface area (Å²) >= 11 is 4.93. The number of Topliss-reactive ketones (excluding diaryl/α,β-unsaturated/α-hetero) is 1. The van der Waals surface area contributed by atoms with E-state index >= 15 is 0 Å². The first-order valence-electron chi connectivity index (χ1n) is 4.64. The van der Waals surface area contributed by atoms with E-state index in [1.165, 1.54) is 0 Å². The Morgan fingerprint density at radius 2 is 2.40 bits per heavy atom. The Hall–Kier alpha value is -0.390. The number of carbonyl (C=O) groups excluding carboxylic acids is 1. The molecule has 0 radical (unpaired) electrons. The summed E-state index contributed by atoms with van der Waals surface area (Å²) < 4.78 is 0.875. The quantitative estimate of drug-likeness (QED) is 0.683. The molecule has 0 aliphatic rings. The summed E-state index contributed by atoms with van der Waals surface area (Å²) in [6.07, 6.45) is 1.62. The summed E-state index contributed by atoms with van der Waals surface area (Å²) in [5, 5.41) is 0. The van der Waals surface area contributed by atoms with Gasteiger partial charge in [-0.1, -0.05) is 6.92 Å². The molecular weight excluding hydrogens is 276 g/mol. The van der Waals surface area contributed by atoms with E-state index < -0.39 is 6.04 Å². The number of nitrogens with zero attached hydrogens (tertiary/aromatic N) is 1. The van der Waals surface area contributed by atoms with Crippen molar-refractivity contribution in [2.45, 2.75) is 24.8 Å². The zero-order valence-electron chi connectivity index (χ0n) is 8.66. The van der Waals surface area contributed by atoms with Crippen molar-refractivity contribution in [2.75, 3.05) is 5.75 Å². The van der Waals surface area contributed by atoms with E-state index in [0.29, 0.717) is 5.69 Å². The van der Waals surface area contributed by atoms with Crippen molar-refractivity contribution in [3.8, 4) is 0 Å². The number of pyridine rings is 1. The molecule has 0 aliphatic heterocycles. The molecule has 0 saturated carbocycles. The normalized spacial score (nSPS) is 12.5.